The Morgan fingerprint density at radius 1 is 1.03 bits per heavy atom. The SMILES string of the molecule is Cc1ccc(C(=O)Nc2cccc(-n3c(=S)[nH][nH]c3=S)c2)cc1N1Cc2ccc(F)cc2CC1(C)C(=O)O. The molecule has 1 aliphatic heterocycles. The molecule has 194 valence electrons. The Morgan fingerprint density at radius 3 is 2.47 bits per heavy atom. The fraction of sp³-hybridized carbons (Fsp3) is 0.185. The van der Waals surface area contributed by atoms with Crippen LogP contribution in [-0.2, 0) is 17.8 Å². The molecular formula is C27H24FN5O3S2. The molecule has 1 aromatic heterocycles. The smallest absolute Gasteiger partial charge is 0.329 e. The Labute approximate surface area is 227 Å². The van der Waals surface area contributed by atoms with E-state index in [4.69, 9.17) is 24.4 Å². The molecule has 0 saturated heterocycles. The van der Waals surface area contributed by atoms with Crippen LogP contribution in [0.4, 0.5) is 15.8 Å². The van der Waals surface area contributed by atoms with Gasteiger partial charge >= 0.3 is 5.97 Å². The number of rotatable bonds is 5. The molecule has 1 aliphatic rings. The number of hydrogen-bond acceptors (Lipinski definition) is 5. The number of aromatic nitrogens is 3. The van der Waals surface area contributed by atoms with E-state index in [2.05, 4.69) is 15.5 Å². The number of aromatic amines is 2. The van der Waals surface area contributed by atoms with Crippen molar-refractivity contribution in [3.8, 4) is 5.69 Å². The number of H-pyrrole nitrogens is 2. The highest BCUT2D eigenvalue weighted by atomic mass is 32.1. The van der Waals surface area contributed by atoms with Crippen molar-refractivity contribution in [2.45, 2.75) is 32.4 Å². The number of aliphatic carboxylic acids is 1. The normalized spacial score (nSPS) is 16.7. The topological polar surface area (TPSA) is 106 Å². The summed E-state index contributed by atoms with van der Waals surface area (Å²) in [6.07, 6.45) is 0.127. The van der Waals surface area contributed by atoms with E-state index in [1.54, 1.807) is 58.9 Å². The van der Waals surface area contributed by atoms with Gasteiger partial charge in [0.2, 0.25) is 0 Å². The van der Waals surface area contributed by atoms with E-state index in [1.165, 1.54) is 12.1 Å². The molecule has 0 aliphatic carbocycles. The minimum absolute atomic E-state index is 0.127. The molecular weight excluding hydrogens is 525 g/mol. The third kappa shape index (κ3) is 4.54. The monoisotopic (exact) mass is 549 g/mol. The van der Waals surface area contributed by atoms with E-state index in [-0.39, 0.29) is 18.9 Å². The predicted molar refractivity (Wildman–Crippen MR) is 148 cm³/mol. The Bertz CT molecular complexity index is 1680. The average molecular weight is 550 g/mol. The van der Waals surface area contributed by atoms with Crippen molar-refractivity contribution in [3.05, 3.63) is 98.3 Å². The molecule has 4 aromatic rings. The van der Waals surface area contributed by atoms with E-state index in [1.807, 2.05) is 13.0 Å². The highest BCUT2D eigenvalue weighted by Gasteiger charge is 2.44. The molecule has 3 aromatic carbocycles. The average Bonchev–Trinajstić information content (AvgIpc) is 3.21. The van der Waals surface area contributed by atoms with Gasteiger partial charge in [-0.3, -0.25) is 19.6 Å². The van der Waals surface area contributed by atoms with Crippen LogP contribution in [0.15, 0.2) is 60.7 Å². The summed E-state index contributed by atoms with van der Waals surface area (Å²) >= 11 is 10.6. The summed E-state index contributed by atoms with van der Waals surface area (Å²) in [7, 11) is 0. The van der Waals surface area contributed by atoms with Crippen LogP contribution in [0.25, 0.3) is 5.69 Å². The lowest BCUT2D eigenvalue weighted by Gasteiger charge is -2.44. The van der Waals surface area contributed by atoms with E-state index < -0.39 is 17.3 Å². The van der Waals surface area contributed by atoms with Crippen molar-refractivity contribution >= 4 is 47.7 Å². The maximum atomic E-state index is 13.9. The first kappa shape index (κ1) is 25.6. The van der Waals surface area contributed by atoms with Crippen molar-refractivity contribution < 1.29 is 19.1 Å². The summed E-state index contributed by atoms with van der Waals surface area (Å²) in [5, 5.41) is 18.7. The number of amides is 1. The minimum Gasteiger partial charge on any atom is -0.479 e. The lowest BCUT2D eigenvalue weighted by molar-refractivity contribution is -0.143. The largest absolute Gasteiger partial charge is 0.479 e. The van der Waals surface area contributed by atoms with Crippen LogP contribution in [0.3, 0.4) is 0 Å². The van der Waals surface area contributed by atoms with Crippen molar-refractivity contribution in [1.29, 1.82) is 0 Å². The van der Waals surface area contributed by atoms with Gasteiger partial charge in [0, 0.05) is 29.9 Å². The molecule has 2 heterocycles. The fourth-order valence-electron chi connectivity index (χ4n) is 4.78. The van der Waals surface area contributed by atoms with E-state index >= 15 is 0 Å². The van der Waals surface area contributed by atoms with Crippen LogP contribution in [0, 0.1) is 22.3 Å². The van der Waals surface area contributed by atoms with Crippen LogP contribution in [0.2, 0.25) is 0 Å². The van der Waals surface area contributed by atoms with Gasteiger partial charge in [-0.25, -0.2) is 9.18 Å². The fourth-order valence-corrected chi connectivity index (χ4v) is 5.33. The maximum Gasteiger partial charge on any atom is 0.329 e. The second-order valence-electron chi connectivity index (χ2n) is 9.46. The lowest BCUT2D eigenvalue weighted by Crippen LogP contribution is -2.56. The Balaban J connectivity index is 1.48. The lowest BCUT2D eigenvalue weighted by atomic mass is 9.83. The number of carboxylic acid groups (broad SMARTS) is 1. The van der Waals surface area contributed by atoms with Gasteiger partial charge in [-0.05, 0) is 97.4 Å². The van der Waals surface area contributed by atoms with Gasteiger partial charge in [-0.2, -0.15) is 0 Å². The summed E-state index contributed by atoms with van der Waals surface area (Å²) in [5.41, 5.74) is 3.21. The number of nitrogens with one attached hydrogen (secondary N) is 3. The number of carboxylic acids is 1. The first-order valence-corrected chi connectivity index (χ1v) is 12.6. The number of carbonyl (C=O) groups excluding carboxylic acids is 1. The van der Waals surface area contributed by atoms with Crippen molar-refractivity contribution in [2.24, 2.45) is 0 Å². The van der Waals surface area contributed by atoms with E-state index in [0.29, 0.717) is 37.7 Å². The number of carbonyl (C=O) groups is 2. The summed E-state index contributed by atoms with van der Waals surface area (Å²) in [4.78, 5) is 27.5. The van der Waals surface area contributed by atoms with Gasteiger partial charge in [0.05, 0.1) is 5.69 Å². The number of anilines is 2. The number of nitrogens with zero attached hydrogens (tertiary/aromatic N) is 2. The molecule has 1 atom stereocenters. The molecule has 5 rings (SSSR count). The highest BCUT2D eigenvalue weighted by Crippen LogP contribution is 2.38. The Kier molecular flexibility index (Phi) is 6.49. The standard InChI is InChI=1S/C27H24FN5O3S2/c1-15-6-7-16(23(34)29-20-4-3-5-21(12-20)33-25(37)30-31-26(33)38)11-22(15)32-14-17-8-9-19(28)10-18(17)13-27(32,2)24(35)36/h3-12H,13-14H2,1-2H3,(H,29,34)(H,30,37)(H,31,38)(H,35,36). The summed E-state index contributed by atoms with van der Waals surface area (Å²) in [5.74, 6) is -1.78. The first-order valence-electron chi connectivity index (χ1n) is 11.8. The number of aryl methyl sites for hydroxylation is 1. The summed E-state index contributed by atoms with van der Waals surface area (Å²) < 4.78 is 16.3. The number of benzene rings is 3. The van der Waals surface area contributed by atoms with Crippen LogP contribution in [0.1, 0.15) is 34.0 Å². The molecule has 0 saturated carbocycles. The van der Waals surface area contributed by atoms with Gasteiger partial charge in [0.25, 0.3) is 5.91 Å². The highest BCUT2D eigenvalue weighted by molar-refractivity contribution is 7.72. The van der Waals surface area contributed by atoms with Crippen LogP contribution in [-0.4, -0.2) is 37.3 Å². The first-order chi connectivity index (χ1) is 18.1. The minimum atomic E-state index is -1.33. The van der Waals surface area contributed by atoms with E-state index in [0.717, 1.165) is 11.1 Å². The van der Waals surface area contributed by atoms with Crippen LogP contribution < -0.4 is 10.2 Å². The third-order valence-corrected chi connectivity index (χ3v) is 7.46. The quantitative estimate of drug-likeness (QED) is 0.238. The molecule has 38 heavy (non-hydrogen) atoms. The molecule has 0 radical (unpaired) electrons. The molecule has 4 N–H and O–H groups in total. The third-order valence-electron chi connectivity index (χ3n) is 6.89. The second-order valence-corrected chi connectivity index (χ2v) is 10.2. The number of hydrogen-bond donors (Lipinski definition) is 4. The molecule has 1 unspecified atom stereocenters. The zero-order valence-electron chi connectivity index (χ0n) is 20.5. The number of halogens is 1. The van der Waals surface area contributed by atoms with Gasteiger partial charge < -0.3 is 15.3 Å². The molecule has 1 amide bonds. The predicted octanol–water partition coefficient (Wildman–Crippen LogP) is 5.70. The van der Waals surface area contributed by atoms with Crippen molar-refractivity contribution in [1.82, 2.24) is 14.8 Å². The molecule has 0 spiro atoms. The molecule has 0 bridgehead atoms. The van der Waals surface area contributed by atoms with Gasteiger partial charge in [0.1, 0.15) is 11.4 Å². The number of fused-ring (bicyclic) bond motifs is 1. The Hall–Kier alpha value is -4.09. The van der Waals surface area contributed by atoms with Gasteiger partial charge in [0.15, 0.2) is 9.54 Å². The van der Waals surface area contributed by atoms with Crippen molar-refractivity contribution in [2.75, 3.05) is 10.2 Å². The molecule has 0 fully saturated rings. The zero-order valence-corrected chi connectivity index (χ0v) is 22.2. The summed E-state index contributed by atoms with van der Waals surface area (Å²) in [6.45, 7) is 3.76. The van der Waals surface area contributed by atoms with Crippen LogP contribution >= 0.6 is 24.4 Å². The van der Waals surface area contributed by atoms with E-state index in [9.17, 15) is 19.1 Å². The van der Waals surface area contributed by atoms with Gasteiger partial charge in [-0.1, -0.05) is 18.2 Å². The zero-order chi connectivity index (χ0) is 27.2. The summed E-state index contributed by atoms with van der Waals surface area (Å²) in [6, 6.07) is 16.7. The van der Waals surface area contributed by atoms with Crippen molar-refractivity contribution in [3.63, 3.8) is 0 Å². The second kappa shape index (κ2) is 9.66. The molecule has 11 heteroatoms. The van der Waals surface area contributed by atoms with Crippen LogP contribution in [0.5, 0.6) is 0 Å². The molecule has 8 nitrogen and oxygen atoms in total. The maximum absolute atomic E-state index is 13.9. The van der Waals surface area contributed by atoms with Gasteiger partial charge in [-0.15, -0.1) is 0 Å². The Morgan fingerprint density at radius 2 is 1.76 bits per heavy atom.